The summed E-state index contributed by atoms with van der Waals surface area (Å²) in [5.41, 5.74) is 10.4. The van der Waals surface area contributed by atoms with Gasteiger partial charge in [0.25, 0.3) is 0 Å². The van der Waals surface area contributed by atoms with Gasteiger partial charge < -0.3 is 20.5 Å². The van der Waals surface area contributed by atoms with Crippen LogP contribution in [-0.4, -0.2) is 22.6 Å². The summed E-state index contributed by atoms with van der Waals surface area (Å²) in [4.78, 5) is 4.65. The molecular formula is C31H32FN7O. The van der Waals surface area contributed by atoms with Crippen molar-refractivity contribution in [2.24, 2.45) is 5.41 Å². The lowest BCUT2D eigenvalue weighted by Crippen LogP contribution is -2.38. The van der Waals surface area contributed by atoms with Crippen LogP contribution in [0.2, 0.25) is 0 Å². The van der Waals surface area contributed by atoms with Gasteiger partial charge in [0, 0.05) is 41.6 Å². The largest absolute Gasteiger partial charge is 0.464 e. The summed E-state index contributed by atoms with van der Waals surface area (Å²) in [6.07, 6.45) is 7.21. The van der Waals surface area contributed by atoms with Gasteiger partial charge in [0.15, 0.2) is 0 Å². The standard InChI is InChI=1S/C31H32FN7O/c1-31(2,3)18-35-28-20(15-33)16-34-30-24(27-5-4-12-40-27)13-22(14-25(28)30)36-29(19-6-8-21(32)9-7-19)26-17-39(38-37-26)23-10-11-23/h4-9,12-14,16-17,23,29,36-38H,10-11,18H2,1-3H3,(H,34,35)/i29D. The van der Waals surface area contributed by atoms with Gasteiger partial charge in [-0.25, -0.2) is 4.39 Å². The number of benzene rings is 2. The maximum Gasteiger partial charge on any atom is 0.136 e. The molecule has 9 heteroatoms. The second kappa shape index (κ2) is 10.2. The molecule has 1 fully saturated rings. The molecule has 3 heterocycles. The first-order chi connectivity index (χ1) is 19.6. The molecule has 4 N–H and O–H groups in total. The summed E-state index contributed by atoms with van der Waals surface area (Å²) in [6.45, 7) is 6.99. The Morgan fingerprint density at radius 2 is 2.05 bits per heavy atom. The van der Waals surface area contributed by atoms with Crippen molar-refractivity contribution >= 4 is 22.3 Å². The van der Waals surface area contributed by atoms with Crippen molar-refractivity contribution < 1.29 is 10.2 Å². The number of fused-ring (bicyclic) bond motifs is 1. The van der Waals surface area contributed by atoms with Crippen molar-refractivity contribution in [2.75, 3.05) is 17.2 Å². The molecule has 8 nitrogen and oxygen atoms in total. The molecule has 0 radical (unpaired) electrons. The van der Waals surface area contributed by atoms with Crippen LogP contribution in [0.3, 0.4) is 0 Å². The number of aromatic nitrogens is 1. The third kappa shape index (κ3) is 5.31. The Balaban J connectivity index is 1.52. The van der Waals surface area contributed by atoms with E-state index in [1.807, 2.05) is 35.5 Å². The summed E-state index contributed by atoms with van der Waals surface area (Å²) in [5.74, 6) is 0.229. The minimum atomic E-state index is -1.52. The Bertz CT molecular complexity index is 1650. The fourth-order valence-corrected chi connectivity index (χ4v) is 4.68. The van der Waals surface area contributed by atoms with E-state index in [-0.39, 0.29) is 11.2 Å². The average molecular weight is 539 g/mol. The summed E-state index contributed by atoms with van der Waals surface area (Å²) in [7, 11) is 0. The van der Waals surface area contributed by atoms with Gasteiger partial charge >= 0.3 is 0 Å². The third-order valence-electron chi connectivity index (χ3n) is 6.87. The summed E-state index contributed by atoms with van der Waals surface area (Å²) < 4.78 is 29.4. The Morgan fingerprint density at radius 3 is 2.73 bits per heavy atom. The molecular weight excluding hydrogens is 505 g/mol. The number of rotatable bonds is 8. The molecule has 0 amide bonds. The smallest absolute Gasteiger partial charge is 0.136 e. The van der Waals surface area contributed by atoms with Crippen LogP contribution in [0.5, 0.6) is 0 Å². The number of hydrogen-bond acceptors (Lipinski definition) is 8. The molecule has 1 aliphatic heterocycles. The maximum absolute atomic E-state index is 13.9. The van der Waals surface area contributed by atoms with Crippen molar-refractivity contribution in [3.8, 4) is 17.4 Å². The number of nitriles is 1. The fraction of sp³-hybridized carbons (Fsp3) is 0.290. The predicted octanol–water partition coefficient (Wildman–Crippen LogP) is 6.45. The number of hydrogen-bond donors (Lipinski definition) is 4. The van der Waals surface area contributed by atoms with E-state index in [9.17, 15) is 11.0 Å². The van der Waals surface area contributed by atoms with Crippen molar-refractivity contribution in [3.63, 3.8) is 0 Å². The molecule has 4 aromatic rings. The Morgan fingerprint density at radius 1 is 1.25 bits per heavy atom. The van der Waals surface area contributed by atoms with Gasteiger partial charge in [-0.2, -0.15) is 5.26 Å². The van der Waals surface area contributed by atoms with Crippen molar-refractivity contribution in [2.45, 2.75) is 45.7 Å². The van der Waals surface area contributed by atoms with E-state index in [4.69, 9.17) is 4.42 Å². The van der Waals surface area contributed by atoms with E-state index >= 15 is 0 Å². The lowest BCUT2D eigenvalue weighted by Gasteiger charge is -2.24. The van der Waals surface area contributed by atoms with Crippen LogP contribution in [0.25, 0.3) is 22.2 Å². The van der Waals surface area contributed by atoms with Crippen LogP contribution in [0.4, 0.5) is 15.8 Å². The van der Waals surface area contributed by atoms with Gasteiger partial charge in [-0.05, 0) is 60.2 Å². The van der Waals surface area contributed by atoms with Crippen LogP contribution in [0.15, 0.2) is 77.3 Å². The molecule has 6 rings (SSSR count). The minimum Gasteiger partial charge on any atom is -0.464 e. The SMILES string of the molecule is [2H]C(Nc1cc(-c2ccco2)c2ncc(C#N)c(NCC(C)(C)C)c2c1)(C1=CN(C2CC2)NN1)c1ccc(F)cc1. The van der Waals surface area contributed by atoms with Gasteiger partial charge in [0.05, 0.1) is 36.1 Å². The minimum absolute atomic E-state index is 0.0397. The predicted molar refractivity (Wildman–Crippen MR) is 154 cm³/mol. The van der Waals surface area contributed by atoms with Crippen LogP contribution in [0.1, 0.15) is 52.1 Å². The van der Waals surface area contributed by atoms with E-state index in [1.54, 1.807) is 24.6 Å². The normalized spacial score (nSPS) is 17.0. The lowest BCUT2D eigenvalue weighted by atomic mass is 9.96. The molecule has 40 heavy (non-hydrogen) atoms. The molecule has 0 bridgehead atoms. The van der Waals surface area contributed by atoms with Gasteiger partial charge in [-0.15, -0.1) is 5.53 Å². The van der Waals surface area contributed by atoms with Crippen molar-refractivity contribution in [3.05, 3.63) is 89.8 Å². The van der Waals surface area contributed by atoms with Gasteiger partial charge in [0.1, 0.15) is 17.6 Å². The van der Waals surface area contributed by atoms with Crippen molar-refractivity contribution in [1.82, 2.24) is 21.0 Å². The number of nitrogens with one attached hydrogen (secondary N) is 4. The summed E-state index contributed by atoms with van der Waals surface area (Å²) in [6, 6.07) is 14.5. The molecule has 2 aromatic carbocycles. The van der Waals surface area contributed by atoms with Crippen molar-refractivity contribution in [1.29, 1.82) is 5.26 Å². The molecule has 2 aliphatic rings. The van der Waals surface area contributed by atoms with E-state index in [2.05, 4.69) is 53.4 Å². The first-order valence-corrected chi connectivity index (χ1v) is 13.4. The van der Waals surface area contributed by atoms with Gasteiger partial charge in [0.2, 0.25) is 0 Å². The van der Waals surface area contributed by atoms with E-state index < -0.39 is 6.02 Å². The average Bonchev–Trinajstić information content (AvgIpc) is 3.42. The molecule has 204 valence electrons. The molecule has 1 aliphatic carbocycles. The summed E-state index contributed by atoms with van der Waals surface area (Å²) in [5, 5.41) is 19.5. The molecule has 1 saturated carbocycles. The second-order valence-corrected chi connectivity index (χ2v) is 11.4. The van der Waals surface area contributed by atoms with E-state index in [1.165, 1.54) is 12.1 Å². The first kappa shape index (κ1) is 24.5. The number of nitrogens with zero attached hydrogens (tertiary/aromatic N) is 3. The number of anilines is 2. The molecule has 1 atom stereocenters. The lowest BCUT2D eigenvalue weighted by molar-refractivity contribution is 0.260. The highest BCUT2D eigenvalue weighted by atomic mass is 19.1. The monoisotopic (exact) mass is 538 g/mol. The highest BCUT2D eigenvalue weighted by molar-refractivity contribution is 6.03. The molecule has 1 unspecified atom stereocenters. The Labute approximate surface area is 234 Å². The number of furan rings is 1. The first-order valence-electron chi connectivity index (χ1n) is 13.9. The zero-order chi connectivity index (χ0) is 28.8. The Hall–Kier alpha value is -4.55. The number of halogens is 1. The fourth-order valence-electron chi connectivity index (χ4n) is 4.68. The highest BCUT2D eigenvalue weighted by Gasteiger charge is 2.32. The molecule has 2 aromatic heterocycles. The van der Waals surface area contributed by atoms with Gasteiger partial charge in [-0.3, -0.25) is 9.99 Å². The van der Waals surface area contributed by atoms with Gasteiger partial charge in [-0.1, -0.05) is 32.9 Å². The molecule has 0 saturated heterocycles. The van der Waals surface area contributed by atoms with E-state index in [0.29, 0.717) is 57.6 Å². The van der Waals surface area contributed by atoms with E-state index in [0.717, 1.165) is 18.2 Å². The third-order valence-corrected chi connectivity index (χ3v) is 6.87. The maximum atomic E-state index is 13.9. The van der Waals surface area contributed by atoms with Crippen LogP contribution >= 0.6 is 0 Å². The van der Waals surface area contributed by atoms with Crippen LogP contribution < -0.4 is 21.6 Å². The molecule has 0 spiro atoms. The Kier molecular flexibility index (Phi) is 6.25. The summed E-state index contributed by atoms with van der Waals surface area (Å²) >= 11 is 0. The number of hydrazine groups is 2. The highest BCUT2D eigenvalue weighted by Crippen LogP contribution is 2.39. The van der Waals surface area contributed by atoms with Crippen LogP contribution in [-0.2, 0) is 0 Å². The van der Waals surface area contributed by atoms with Crippen LogP contribution in [0, 0.1) is 22.6 Å². The topological polar surface area (TPSA) is 101 Å². The zero-order valence-electron chi connectivity index (χ0n) is 23.7. The zero-order valence-corrected chi connectivity index (χ0v) is 22.7. The second-order valence-electron chi connectivity index (χ2n) is 11.4. The number of pyridine rings is 1. The quantitative estimate of drug-likeness (QED) is 0.203.